The first-order valence-corrected chi connectivity index (χ1v) is 7.02. The van der Waals surface area contributed by atoms with Crippen LogP contribution in [0.15, 0.2) is 6.07 Å². The molecule has 2 aliphatic rings. The van der Waals surface area contributed by atoms with Crippen molar-refractivity contribution in [2.24, 2.45) is 5.73 Å². The van der Waals surface area contributed by atoms with E-state index in [1.807, 2.05) is 0 Å². The summed E-state index contributed by atoms with van der Waals surface area (Å²) in [5.41, 5.74) is 6.62. The lowest BCUT2D eigenvalue weighted by Crippen LogP contribution is -2.34. The number of hydrogen-bond donors (Lipinski definition) is 1. The maximum Gasteiger partial charge on any atom is 0.133 e. The van der Waals surface area contributed by atoms with Crippen molar-refractivity contribution in [3.05, 3.63) is 28.8 Å². The molecule has 0 atom stereocenters. The van der Waals surface area contributed by atoms with E-state index in [9.17, 15) is 8.78 Å². The number of fused-ring (bicyclic) bond motifs is 1. The van der Waals surface area contributed by atoms with Crippen LogP contribution in [0, 0.1) is 11.6 Å². The molecular formula is C15H19F2NO. The minimum atomic E-state index is -0.495. The van der Waals surface area contributed by atoms with Crippen molar-refractivity contribution in [2.45, 2.75) is 43.9 Å². The van der Waals surface area contributed by atoms with E-state index in [4.69, 9.17) is 10.5 Å². The van der Waals surface area contributed by atoms with E-state index in [0.29, 0.717) is 36.4 Å². The van der Waals surface area contributed by atoms with E-state index < -0.39 is 11.6 Å². The van der Waals surface area contributed by atoms with Gasteiger partial charge in [-0.25, -0.2) is 8.78 Å². The summed E-state index contributed by atoms with van der Waals surface area (Å²) < 4.78 is 33.8. The summed E-state index contributed by atoms with van der Waals surface area (Å²) in [6.07, 6.45) is 5.22. The Bertz CT molecular complexity index is 495. The minimum Gasteiger partial charge on any atom is -0.493 e. The zero-order valence-corrected chi connectivity index (χ0v) is 11.0. The lowest BCUT2D eigenvalue weighted by Gasteiger charge is -2.32. The van der Waals surface area contributed by atoms with Gasteiger partial charge in [-0.3, -0.25) is 0 Å². The van der Waals surface area contributed by atoms with Crippen LogP contribution in [0.5, 0.6) is 5.75 Å². The van der Waals surface area contributed by atoms with Crippen molar-refractivity contribution in [3.63, 3.8) is 0 Å². The molecule has 2 N–H and O–H groups in total. The predicted molar refractivity (Wildman–Crippen MR) is 69.4 cm³/mol. The predicted octanol–water partition coefficient (Wildman–Crippen LogP) is 3.06. The van der Waals surface area contributed by atoms with Crippen LogP contribution in [-0.4, -0.2) is 13.2 Å². The second-order valence-electron chi connectivity index (χ2n) is 5.67. The van der Waals surface area contributed by atoms with Crippen LogP contribution in [0.4, 0.5) is 8.78 Å². The van der Waals surface area contributed by atoms with Crippen LogP contribution >= 0.6 is 0 Å². The molecule has 1 heterocycles. The first-order valence-electron chi connectivity index (χ1n) is 7.02. The van der Waals surface area contributed by atoms with Crippen LogP contribution in [0.2, 0.25) is 0 Å². The second-order valence-corrected chi connectivity index (χ2v) is 5.67. The molecule has 0 radical (unpaired) electrons. The smallest absolute Gasteiger partial charge is 0.133 e. The Hall–Kier alpha value is -1.16. The van der Waals surface area contributed by atoms with Crippen molar-refractivity contribution in [2.75, 3.05) is 13.2 Å². The van der Waals surface area contributed by atoms with E-state index in [1.54, 1.807) is 0 Å². The Morgan fingerprint density at radius 1 is 1.16 bits per heavy atom. The molecule has 4 heteroatoms. The first kappa shape index (κ1) is 12.9. The summed E-state index contributed by atoms with van der Waals surface area (Å²) in [7, 11) is 0. The Labute approximate surface area is 111 Å². The molecule has 0 bridgehead atoms. The molecule has 0 unspecified atom stereocenters. The third kappa shape index (κ3) is 1.93. The average Bonchev–Trinajstić information content (AvgIpc) is 2.89. The minimum absolute atomic E-state index is 0.362. The quantitative estimate of drug-likeness (QED) is 0.893. The molecule has 1 aromatic carbocycles. The van der Waals surface area contributed by atoms with Crippen LogP contribution in [0.3, 0.4) is 0 Å². The summed E-state index contributed by atoms with van der Waals surface area (Å²) in [6, 6.07) is 1.01. The fourth-order valence-electron chi connectivity index (χ4n) is 3.56. The van der Waals surface area contributed by atoms with Gasteiger partial charge in [0.05, 0.1) is 6.61 Å². The fraction of sp³-hybridized carbons (Fsp3) is 0.600. The number of ether oxygens (including phenoxy) is 1. The van der Waals surface area contributed by atoms with Gasteiger partial charge < -0.3 is 10.5 Å². The number of halogens is 2. The SMILES string of the molecule is NCC1(c2c(F)cc(F)c3c2OCCC3)CCCC1. The summed E-state index contributed by atoms with van der Waals surface area (Å²) >= 11 is 0. The van der Waals surface area contributed by atoms with Crippen LogP contribution < -0.4 is 10.5 Å². The second kappa shape index (κ2) is 4.75. The van der Waals surface area contributed by atoms with Gasteiger partial charge in [-0.2, -0.15) is 0 Å². The molecule has 0 saturated heterocycles. The van der Waals surface area contributed by atoms with Crippen molar-refractivity contribution >= 4 is 0 Å². The highest BCUT2D eigenvalue weighted by molar-refractivity contribution is 5.49. The molecule has 1 saturated carbocycles. The fourth-order valence-corrected chi connectivity index (χ4v) is 3.56. The van der Waals surface area contributed by atoms with Gasteiger partial charge in [0.2, 0.25) is 0 Å². The van der Waals surface area contributed by atoms with Crippen molar-refractivity contribution < 1.29 is 13.5 Å². The third-order valence-corrected chi connectivity index (χ3v) is 4.58. The zero-order chi connectivity index (χ0) is 13.5. The number of hydrogen-bond acceptors (Lipinski definition) is 2. The Morgan fingerprint density at radius 3 is 2.58 bits per heavy atom. The first-order chi connectivity index (χ1) is 9.18. The average molecular weight is 267 g/mol. The Balaban J connectivity index is 2.19. The number of rotatable bonds is 2. The van der Waals surface area contributed by atoms with E-state index in [-0.39, 0.29) is 5.41 Å². The molecule has 0 aromatic heterocycles. The summed E-state index contributed by atoms with van der Waals surface area (Å²) in [4.78, 5) is 0. The van der Waals surface area contributed by atoms with E-state index in [2.05, 4.69) is 0 Å². The summed E-state index contributed by atoms with van der Waals surface area (Å²) in [5, 5.41) is 0. The molecule has 104 valence electrons. The number of benzene rings is 1. The van der Waals surface area contributed by atoms with Crippen LogP contribution in [0.1, 0.15) is 43.2 Å². The molecule has 1 fully saturated rings. The van der Waals surface area contributed by atoms with Gasteiger partial charge in [-0.15, -0.1) is 0 Å². The molecule has 0 amide bonds. The van der Waals surface area contributed by atoms with Gasteiger partial charge in [0.1, 0.15) is 17.4 Å². The molecule has 1 aliphatic carbocycles. The van der Waals surface area contributed by atoms with Crippen LogP contribution in [-0.2, 0) is 11.8 Å². The van der Waals surface area contributed by atoms with Crippen LogP contribution in [0.25, 0.3) is 0 Å². The summed E-state index contributed by atoms with van der Waals surface area (Å²) in [6.45, 7) is 0.925. The van der Waals surface area contributed by atoms with Gasteiger partial charge >= 0.3 is 0 Å². The van der Waals surface area contributed by atoms with Gasteiger partial charge in [-0.1, -0.05) is 12.8 Å². The normalized spacial score (nSPS) is 21.0. The van der Waals surface area contributed by atoms with Crippen molar-refractivity contribution in [3.8, 4) is 5.75 Å². The number of nitrogens with two attached hydrogens (primary N) is 1. The maximum absolute atomic E-state index is 14.3. The highest BCUT2D eigenvalue weighted by Crippen LogP contribution is 2.47. The Kier molecular flexibility index (Phi) is 3.21. The van der Waals surface area contributed by atoms with Gasteiger partial charge in [0, 0.05) is 29.2 Å². The zero-order valence-electron chi connectivity index (χ0n) is 11.0. The maximum atomic E-state index is 14.3. The monoisotopic (exact) mass is 267 g/mol. The molecule has 2 nitrogen and oxygen atoms in total. The van der Waals surface area contributed by atoms with Gasteiger partial charge in [0.15, 0.2) is 0 Å². The third-order valence-electron chi connectivity index (χ3n) is 4.58. The van der Waals surface area contributed by atoms with Gasteiger partial charge in [0.25, 0.3) is 0 Å². The highest BCUT2D eigenvalue weighted by Gasteiger charge is 2.41. The lowest BCUT2D eigenvalue weighted by atomic mass is 9.76. The molecule has 19 heavy (non-hydrogen) atoms. The molecule has 1 aliphatic heterocycles. The van der Waals surface area contributed by atoms with Crippen molar-refractivity contribution in [1.29, 1.82) is 0 Å². The van der Waals surface area contributed by atoms with E-state index >= 15 is 0 Å². The molecular weight excluding hydrogens is 248 g/mol. The molecule has 1 aromatic rings. The highest BCUT2D eigenvalue weighted by atomic mass is 19.1. The Morgan fingerprint density at radius 2 is 1.89 bits per heavy atom. The standard InChI is InChI=1S/C15H19F2NO/c16-11-8-12(17)13(14-10(11)4-3-7-19-14)15(9-18)5-1-2-6-15/h8H,1-7,9,18H2. The van der Waals surface area contributed by atoms with E-state index in [1.165, 1.54) is 0 Å². The van der Waals surface area contributed by atoms with Crippen molar-refractivity contribution in [1.82, 2.24) is 0 Å². The van der Waals surface area contributed by atoms with Gasteiger partial charge in [-0.05, 0) is 25.7 Å². The summed E-state index contributed by atoms with van der Waals surface area (Å²) in [5.74, 6) is -0.539. The lowest BCUT2D eigenvalue weighted by molar-refractivity contribution is 0.266. The van der Waals surface area contributed by atoms with E-state index in [0.717, 1.165) is 38.2 Å². The molecule has 3 rings (SSSR count). The topological polar surface area (TPSA) is 35.2 Å². The molecule has 0 spiro atoms. The largest absolute Gasteiger partial charge is 0.493 e.